The van der Waals surface area contributed by atoms with E-state index in [1.54, 1.807) is 0 Å². The number of methoxy groups -OCH3 is 4. The first kappa shape index (κ1) is 43.3. The van der Waals surface area contributed by atoms with Crippen LogP contribution in [0.15, 0.2) is 48.5 Å². The number of nitrogens with one attached hydrogen (secondary N) is 2. The summed E-state index contributed by atoms with van der Waals surface area (Å²) < 4.78 is 26.3. The van der Waals surface area contributed by atoms with E-state index in [-0.39, 0.29) is 50.7 Å². The van der Waals surface area contributed by atoms with Gasteiger partial charge in [-0.2, -0.15) is 0 Å². The summed E-state index contributed by atoms with van der Waals surface area (Å²) in [5.74, 6) is -2.43. The molecule has 2 aliphatic rings. The number of H-pyrrole nitrogens is 2. The summed E-state index contributed by atoms with van der Waals surface area (Å²) in [6.45, 7) is 8.19. The Hall–Kier alpha value is -6.31. The number of ether oxygens (including phenoxy) is 5. The number of aromatic nitrogens is 4. The maximum Gasteiger partial charge on any atom is 0.342 e. The summed E-state index contributed by atoms with van der Waals surface area (Å²) >= 11 is 0. The van der Waals surface area contributed by atoms with E-state index in [4.69, 9.17) is 33.7 Å². The smallest absolute Gasteiger partial charge is 0.342 e. The number of carbonyl (C=O) groups excluding carboxylic acids is 5. The maximum atomic E-state index is 14.4. The molecule has 14 heteroatoms. The van der Waals surface area contributed by atoms with Crippen molar-refractivity contribution in [2.45, 2.75) is 96.5 Å². The minimum atomic E-state index is -0.580. The molecule has 0 fully saturated rings. The highest BCUT2D eigenvalue weighted by molar-refractivity contribution is 5.92. The van der Waals surface area contributed by atoms with Gasteiger partial charge in [0.25, 0.3) is 0 Å². The summed E-state index contributed by atoms with van der Waals surface area (Å²) in [5, 5.41) is 0. The van der Waals surface area contributed by atoms with E-state index >= 15 is 0 Å². The van der Waals surface area contributed by atoms with Crippen LogP contribution in [0.3, 0.4) is 0 Å². The molecule has 14 nitrogen and oxygen atoms in total. The fourth-order valence-corrected chi connectivity index (χ4v) is 7.85. The first-order chi connectivity index (χ1) is 28.6. The van der Waals surface area contributed by atoms with Crippen LogP contribution in [0.4, 0.5) is 0 Å². The highest BCUT2D eigenvalue weighted by atomic mass is 16.5. The van der Waals surface area contributed by atoms with Crippen molar-refractivity contribution >= 4 is 51.9 Å². The Morgan fingerprint density at radius 1 is 0.583 bits per heavy atom. The molecule has 60 heavy (non-hydrogen) atoms. The van der Waals surface area contributed by atoms with Crippen molar-refractivity contribution in [3.8, 4) is 0 Å². The van der Waals surface area contributed by atoms with Gasteiger partial charge in [-0.25, -0.2) is 4.79 Å². The lowest BCUT2D eigenvalue weighted by molar-refractivity contribution is -0.141. The van der Waals surface area contributed by atoms with Crippen molar-refractivity contribution < 1.29 is 47.7 Å². The van der Waals surface area contributed by atoms with Gasteiger partial charge in [0.15, 0.2) is 0 Å². The predicted octanol–water partition coefficient (Wildman–Crippen LogP) is 6.35. The monoisotopic (exact) mass is 820 g/mol. The Morgan fingerprint density at radius 2 is 1.00 bits per heavy atom. The van der Waals surface area contributed by atoms with E-state index in [2.05, 4.69) is 9.97 Å². The summed E-state index contributed by atoms with van der Waals surface area (Å²) in [7, 11) is 5.25. The lowest BCUT2D eigenvalue weighted by atomic mass is 9.84. The van der Waals surface area contributed by atoms with Crippen molar-refractivity contribution in [3.63, 3.8) is 0 Å². The summed E-state index contributed by atoms with van der Waals surface area (Å²) in [4.78, 5) is 82.9. The van der Waals surface area contributed by atoms with E-state index in [1.807, 2.05) is 76.2 Å². The Kier molecular flexibility index (Phi) is 12.9. The Morgan fingerprint density at radius 3 is 1.42 bits per heavy atom. The van der Waals surface area contributed by atoms with Gasteiger partial charge in [0.2, 0.25) is 0 Å². The number of aromatic amines is 2. The lowest BCUT2D eigenvalue weighted by Crippen LogP contribution is -2.19. The third-order valence-corrected chi connectivity index (χ3v) is 11.2. The predicted molar refractivity (Wildman–Crippen MR) is 222 cm³/mol. The van der Waals surface area contributed by atoms with E-state index in [1.165, 1.54) is 28.4 Å². The molecule has 2 N–H and O–H groups in total. The largest absolute Gasteiger partial charge is 0.469 e. The average molecular weight is 821 g/mol. The van der Waals surface area contributed by atoms with Crippen LogP contribution in [-0.2, 0) is 98.8 Å². The van der Waals surface area contributed by atoms with Crippen molar-refractivity contribution in [2.75, 3.05) is 28.4 Å². The Labute approximate surface area is 348 Å². The molecule has 0 amide bonds. The molecule has 6 rings (SSSR count). The molecule has 3 aromatic heterocycles. The zero-order valence-corrected chi connectivity index (χ0v) is 35.5. The molecular weight excluding hydrogens is 769 g/mol. The van der Waals surface area contributed by atoms with E-state index in [0.29, 0.717) is 79.9 Å². The van der Waals surface area contributed by atoms with E-state index in [0.717, 1.165) is 5.56 Å². The highest BCUT2D eigenvalue weighted by Crippen LogP contribution is 2.38. The van der Waals surface area contributed by atoms with Crippen molar-refractivity contribution in [1.82, 2.24) is 19.9 Å². The summed E-state index contributed by atoms with van der Waals surface area (Å²) in [5.41, 5.74) is 7.01. The fourth-order valence-electron chi connectivity index (χ4n) is 7.85. The van der Waals surface area contributed by atoms with Crippen LogP contribution in [0.25, 0.3) is 22.1 Å². The summed E-state index contributed by atoms with van der Waals surface area (Å²) in [6, 6.07) is 15.0. The quantitative estimate of drug-likeness (QED) is 0.112. The van der Waals surface area contributed by atoms with Crippen LogP contribution in [0.5, 0.6) is 0 Å². The second-order valence-electron chi connectivity index (χ2n) is 16.4. The van der Waals surface area contributed by atoms with Gasteiger partial charge in [-0.1, -0.05) is 58.0 Å². The Bertz CT molecular complexity index is 2360. The number of hydrogen-bond donors (Lipinski definition) is 2. The average Bonchev–Trinajstić information content (AvgIpc) is 3.90. The summed E-state index contributed by atoms with van der Waals surface area (Å²) in [6.07, 6.45) is 0.932. The third-order valence-electron chi connectivity index (χ3n) is 11.2. The number of aryl methyl sites for hydroxylation is 2. The van der Waals surface area contributed by atoms with Gasteiger partial charge in [0, 0.05) is 70.0 Å². The molecule has 0 aliphatic carbocycles. The molecule has 8 bridgehead atoms. The molecule has 2 aliphatic heterocycles. The molecule has 0 saturated heterocycles. The first-order valence-corrected chi connectivity index (χ1v) is 19.8. The first-order valence-electron chi connectivity index (χ1n) is 19.8. The van der Waals surface area contributed by atoms with Crippen molar-refractivity contribution in [2.24, 2.45) is 0 Å². The number of fused-ring (bicyclic) bond motifs is 8. The number of rotatable bonds is 13. The van der Waals surface area contributed by atoms with Crippen LogP contribution in [0.1, 0.15) is 101 Å². The molecule has 0 atom stereocenters. The molecule has 0 radical (unpaired) electrons. The molecular formula is C46H52N4O10. The van der Waals surface area contributed by atoms with Gasteiger partial charge in [-0.15, -0.1) is 0 Å². The Balaban J connectivity index is 1.78. The molecule has 4 aromatic rings. The number of hydrogen-bond acceptors (Lipinski definition) is 12. The van der Waals surface area contributed by atoms with E-state index in [9.17, 15) is 24.0 Å². The molecule has 1 aromatic carbocycles. The van der Waals surface area contributed by atoms with Gasteiger partial charge in [0.05, 0.1) is 52.7 Å². The van der Waals surface area contributed by atoms with Crippen LogP contribution < -0.4 is 0 Å². The zero-order chi connectivity index (χ0) is 43.4. The van der Waals surface area contributed by atoms with Gasteiger partial charge < -0.3 is 33.7 Å². The highest BCUT2D eigenvalue weighted by Gasteiger charge is 2.37. The molecule has 0 unspecified atom stereocenters. The van der Waals surface area contributed by atoms with Crippen molar-refractivity contribution in [1.29, 1.82) is 0 Å². The van der Waals surface area contributed by atoms with Gasteiger partial charge in [0.1, 0.15) is 12.2 Å². The van der Waals surface area contributed by atoms with Crippen molar-refractivity contribution in [3.05, 3.63) is 105 Å². The topological polar surface area (TPSA) is 189 Å². The molecule has 316 valence electrons. The third kappa shape index (κ3) is 9.43. The molecule has 5 heterocycles. The van der Waals surface area contributed by atoms with Gasteiger partial charge in [-0.05, 0) is 58.9 Å². The molecule has 0 saturated carbocycles. The fraction of sp³-hybridized carbons (Fsp3) is 0.413. The van der Waals surface area contributed by atoms with Crippen LogP contribution in [0.2, 0.25) is 0 Å². The minimum absolute atomic E-state index is 0.0106. The number of esters is 5. The second-order valence-corrected chi connectivity index (χ2v) is 16.4. The van der Waals surface area contributed by atoms with Crippen LogP contribution in [0, 0.1) is 0 Å². The maximum absolute atomic E-state index is 14.4. The molecule has 0 spiro atoms. The minimum Gasteiger partial charge on any atom is -0.469 e. The van der Waals surface area contributed by atoms with E-state index < -0.39 is 40.7 Å². The standard InChI is InChI=1S/C46H52N4O10/c1-45(2)23-35-43(44(55)60-25-26-12-10-9-11-13-26)36-24-46(3,4)38(50-36)22-34-30(19-42(54)59-8)28(15-17-40(52)57-6)32(48-34)20-31-27(14-16-39(51)56-5)29(18-41(53)58-7)33(47-31)21-37(45)49-35/h9-13,20-22,47-48H,14-19,23-25H2,1-8H3. The lowest BCUT2D eigenvalue weighted by Gasteiger charge is -2.17. The normalized spacial score (nSPS) is 13.9. The van der Waals surface area contributed by atoms with Crippen LogP contribution in [-0.4, -0.2) is 78.2 Å². The number of benzene rings is 1. The van der Waals surface area contributed by atoms with Gasteiger partial charge in [-0.3, -0.25) is 29.1 Å². The van der Waals surface area contributed by atoms with Gasteiger partial charge >= 0.3 is 29.8 Å². The second kappa shape index (κ2) is 17.9. The van der Waals surface area contributed by atoms with Crippen LogP contribution >= 0.6 is 0 Å². The number of nitrogens with zero attached hydrogens (tertiary/aromatic N) is 2. The SMILES string of the molecule is COC(=O)CCc1c(CC(=O)OC)c2cc3nc(c(C(=O)OCc4ccccc4)c4nc(cc5[nH]c(cc1[nH]2)c(CCC(=O)OC)c5CC(=O)OC)C(C)(C)C4)CC3(C)C. The number of carbonyl (C=O) groups is 5. The zero-order valence-electron chi connectivity index (χ0n) is 35.5.